The summed E-state index contributed by atoms with van der Waals surface area (Å²) in [5.74, 6) is -0.322. The Morgan fingerprint density at radius 1 is 1.13 bits per heavy atom. The molecule has 3 unspecified atom stereocenters. The predicted molar refractivity (Wildman–Crippen MR) is 160 cm³/mol. The number of rotatable bonds is 5. The largest absolute Gasteiger partial charge is 0.469 e. The molecule has 0 saturated carbocycles. The third kappa shape index (κ3) is 4.37. The maximum atomic E-state index is 13.9. The molecule has 2 aromatic heterocycles. The number of carbonyl (C=O) groups excluding carboxylic acids is 2. The van der Waals surface area contributed by atoms with E-state index in [1.165, 1.54) is 6.26 Å². The van der Waals surface area contributed by atoms with Gasteiger partial charge in [-0.25, -0.2) is 4.98 Å². The summed E-state index contributed by atoms with van der Waals surface area (Å²) in [5, 5.41) is 29.3. The van der Waals surface area contributed by atoms with Crippen LogP contribution in [0.25, 0.3) is 11.6 Å². The van der Waals surface area contributed by atoms with Crippen LogP contribution in [0, 0.1) is 23.2 Å². The number of nitrogens with one attached hydrogen (secondary N) is 3. The standard InChI is InChI=1S/C33H32N6O6/c1-15(2)24-31-39-25(30-35-18(13-34)14-43-30)27(45-31)33-19-7-5-6-8-21(19)37-32(33)44-23-10-9-17(11-20(23)33)12-22(28(41)38-24)36-29(42)26(40)16(3)4/h5-11,14-16,22,24,26,32,37,40H,12H2,1-4H3,(H,36,42)(H,38,41)/t22-,24?,26-,32?,33?/m0/s1. The molecule has 3 aliphatic heterocycles. The molecular weight excluding hydrogens is 576 g/mol. The molecule has 45 heavy (non-hydrogen) atoms. The van der Waals surface area contributed by atoms with Crippen LogP contribution >= 0.6 is 0 Å². The van der Waals surface area contributed by atoms with Crippen LogP contribution in [-0.2, 0) is 21.4 Å². The van der Waals surface area contributed by atoms with Gasteiger partial charge >= 0.3 is 0 Å². The Balaban J connectivity index is 1.48. The van der Waals surface area contributed by atoms with E-state index in [9.17, 15) is 20.0 Å². The molecule has 3 aliphatic rings. The Hall–Kier alpha value is -5.15. The monoisotopic (exact) mass is 608 g/mol. The summed E-state index contributed by atoms with van der Waals surface area (Å²) in [6, 6.07) is 13.8. The number of nitrogens with zero attached hydrogens (tertiary/aromatic N) is 3. The van der Waals surface area contributed by atoms with Gasteiger partial charge in [-0.15, -0.1) is 0 Å². The number of ether oxygens (including phenoxy) is 1. The second-order valence-corrected chi connectivity index (χ2v) is 12.4. The second kappa shape index (κ2) is 10.5. The second-order valence-electron chi connectivity index (χ2n) is 12.4. The van der Waals surface area contributed by atoms with Gasteiger partial charge in [0.25, 0.3) is 0 Å². The highest BCUT2D eigenvalue weighted by Crippen LogP contribution is 2.59. The van der Waals surface area contributed by atoms with Crippen LogP contribution < -0.4 is 20.7 Å². The zero-order valence-corrected chi connectivity index (χ0v) is 25.1. The van der Waals surface area contributed by atoms with Gasteiger partial charge in [-0.3, -0.25) is 9.59 Å². The van der Waals surface area contributed by atoms with Crippen molar-refractivity contribution in [1.29, 1.82) is 5.26 Å². The van der Waals surface area contributed by atoms with E-state index in [4.69, 9.17) is 18.6 Å². The number of fused-ring (bicyclic) bond motifs is 4. The molecule has 5 atom stereocenters. The molecule has 0 saturated heterocycles. The van der Waals surface area contributed by atoms with Crippen molar-refractivity contribution in [3.05, 3.63) is 82.8 Å². The van der Waals surface area contributed by atoms with Gasteiger partial charge < -0.3 is 34.6 Å². The van der Waals surface area contributed by atoms with E-state index in [0.717, 1.165) is 22.4 Å². The minimum Gasteiger partial charge on any atom is -0.469 e. The SMILES string of the molecule is CC(C)C1NC(=O)[C@@H](NC(=O)[C@@H](O)C(C)C)Cc2ccc3c(c2)C2(c4ccccc4NC2O3)c2oc1nc2-c1nc(C#N)co1. The van der Waals surface area contributed by atoms with Crippen molar-refractivity contribution < 1.29 is 28.3 Å². The van der Waals surface area contributed by atoms with Crippen LogP contribution in [-0.4, -0.2) is 45.3 Å². The van der Waals surface area contributed by atoms with E-state index in [0.29, 0.717) is 11.5 Å². The summed E-state index contributed by atoms with van der Waals surface area (Å²) in [7, 11) is 0. The van der Waals surface area contributed by atoms with E-state index >= 15 is 0 Å². The van der Waals surface area contributed by atoms with Crippen molar-refractivity contribution in [3.63, 3.8) is 0 Å². The highest BCUT2D eigenvalue weighted by atomic mass is 16.5. The van der Waals surface area contributed by atoms with Crippen molar-refractivity contribution in [2.75, 3.05) is 5.32 Å². The average molecular weight is 609 g/mol. The predicted octanol–water partition coefficient (Wildman–Crippen LogP) is 3.55. The fraction of sp³-hybridized carbons (Fsp3) is 0.364. The molecule has 4 bridgehead atoms. The quantitative estimate of drug-likeness (QED) is 0.262. The highest BCUT2D eigenvalue weighted by Gasteiger charge is 2.61. The minimum atomic E-state index is -1.28. The molecule has 5 heterocycles. The molecule has 0 aliphatic carbocycles. The summed E-state index contributed by atoms with van der Waals surface area (Å²) in [6.45, 7) is 7.30. The van der Waals surface area contributed by atoms with Crippen LogP contribution in [0.2, 0.25) is 0 Å². The Labute approximate surface area is 258 Å². The van der Waals surface area contributed by atoms with Crippen molar-refractivity contribution in [2.45, 2.75) is 63.9 Å². The highest BCUT2D eigenvalue weighted by molar-refractivity contribution is 5.90. The fourth-order valence-corrected chi connectivity index (χ4v) is 6.44. The number of anilines is 1. The molecular formula is C33H32N6O6. The molecule has 2 aromatic carbocycles. The topological polar surface area (TPSA) is 176 Å². The van der Waals surface area contributed by atoms with Crippen molar-refractivity contribution >= 4 is 17.5 Å². The first kappa shape index (κ1) is 28.6. The number of benzene rings is 2. The Kier molecular flexibility index (Phi) is 6.67. The van der Waals surface area contributed by atoms with E-state index in [2.05, 4.69) is 20.9 Å². The van der Waals surface area contributed by atoms with Gasteiger partial charge in [0.05, 0.1) is 0 Å². The number of hydrogen-bond acceptors (Lipinski definition) is 10. The zero-order valence-electron chi connectivity index (χ0n) is 25.1. The van der Waals surface area contributed by atoms with Crippen LogP contribution in [0.4, 0.5) is 5.69 Å². The molecule has 4 N–H and O–H groups in total. The van der Waals surface area contributed by atoms with Crippen LogP contribution in [0.5, 0.6) is 5.75 Å². The summed E-state index contributed by atoms with van der Waals surface area (Å²) in [4.78, 5) is 36.1. The number of aliphatic hydroxyl groups is 1. The van der Waals surface area contributed by atoms with E-state index in [-0.39, 0.29) is 41.4 Å². The maximum absolute atomic E-state index is 13.9. The number of para-hydroxylation sites is 1. The molecule has 12 nitrogen and oxygen atoms in total. The van der Waals surface area contributed by atoms with E-state index in [1.54, 1.807) is 13.8 Å². The molecule has 1 spiro atoms. The number of oxazole rings is 2. The zero-order chi connectivity index (χ0) is 31.6. The van der Waals surface area contributed by atoms with Gasteiger partial charge in [0.1, 0.15) is 41.7 Å². The number of amides is 2. The summed E-state index contributed by atoms with van der Waals surface area (Å²) >= 11 is 0. The van der Waals surface area contributed by atoms with Gasteiger partial charge in [0.15, 0.2) is 23.4 Å². The Bertz CT molecular complexity index is 1870. The molecule has 7 rings (SSSR count). The number of aliphatic hydroxyl groups excluding tert-OH is 1. The van der Waals surface area contributed by atoms with Gasteiger partial charge in [-0.1, -0.05) is 58.0 Å². The normalized spacial score (nSPS) is 23.5. The maximum Gasteiger partial charge on any atom is 0.250 e. The van der Waals surface area contributed by atoms with Gasteiger partial charge in [-0.2, -0.15) is 10.2 Å². The van der Waals surface area contributed by atoms with Crippen molar-refractivity contribution in [1.82, 2.24) is 20.6 Å². The summed E-state index contributed by atoms with van der Waals surface area (Å²) < 4.78 is 19.0. The summed E-state index contributed by atoms with van der Waals surface area (Å²) in [5.41, 5.74) is 2.57. The van der Waals surface area contributed by atoms with Gasteiger partial charge in [0.2, 0.25) is 23.6 Å². The lowest BCUT2D eigenvalue weighted by Gasteiger charge is -2.29. The number of aromatic nitrogens is 2. The first-order chi connectivity index (χ1) is 21.6. The van der Waals surface area contributed by atoms with Crippen LogP contribution in [0.3, 0.4) is 0 Å². The van der Waals surface area contributed by atoms with Crippen LogP contribution in [0.1, 0.15) is 67.8 Å². The lowest BCUT2D eigenvalue weighted by atomic mass is 9.72. The molecule has 0 fully saturated rings. The fourth-order valence-electron chi connectivity index (χ4n) is 6.44. The third-order valence-corrected chi connectivity index (χ3v) is 8.77. The van der Waals surface area contributed by atoms with Crippen molar-refractivity contribution in [2.24, 2.45) is 11.8 Å². The molecule has 2 amide bonds. The average Bonchev–Trinajstić information content (AvgIpc) is 3.79. The number of nitriles is 1. The van der Waals surface area contributed by atoms with Gasteiger partial charge in [-0.05, 0) is 35.1 Å². The van der Waals surface area contributed by atoms with Gasteiger partial charge in [0, 0.05) is 17.7 Å². The Morgan fingerprint density at radius 3 is 2.67 bits per heavy atom. The molecule has 230 valence electrons. The number of hydrogen-bond donors (Lipinski definition) is 4. The third-order valence-electron chi connectivity index (χ3n) is 8.77. The molecule has 12 heteroatoms. The van der Waals surface area contributed by atoms with E-state index < -0.39 is 41.6 Å². The first-order valence-corrected chi connectivity index (χ1v) is 14.9. The first-order valence-electron chi connectivity index (χ1n) is 14.9. The smallest absolute Gasteiger partial charge is 0.250 e. The van der Waals surface area contributed by atoms with Crippen LogP contribution in [0.15, 0.2) is 57.6 Å². The molecule has 0 radical (unpaired) electrons. The number of carbonyl (C=O) groups is 2. The minimum absolute atomic E-state index is 0.0821. The molecule has 4 aromatic rings. The van der Waals surface area contributed by atoms with E-state index in [1.807, 2.05) is 62.4 Å². The van der Waals surface area contributed by atoms with Crippen molar-refractivity contribution in [3.8, 4) is 23.4 Å². The summed E-state index contributed by atoms with van der Waals surface area (Å²) in [6.07, 6.45) is -0.498. The lowest BCUT2D eigenvalue weighted by molar-refractivity contribution is -0.135. The Morgan fingerprint density at radius 2 is 1.93 bits per heavy atom. The lowest BCUT2D eigenvalue weighted by Crippen LogP contribution is -2.52.